The average Bonchev–Trinajstić information content (AvgIpc) is 3.18. The van der Waals surface area contributed by atoms with Crippen LogP contribution in [-0.4, -0.2) is 15.7 Å². The zero-order valence-electron chi connectivity index (χ0n) is 12.5. The molecular formula is C17H13Cl2N3O2. The number of amides is 1. The van der Waals surface area contributed by atoms with E-state index in [1.54, 1.807) is 35.3 Å². The van der Waals surface area contributed by atoms with Crippen molar-refractivity contribution in [1.29, 1.82) is 0 Å². The van der Waals surface area contributed by atoms with Gasteiger partial charge in [0.05, 0.1) is 12.5 Å². The van der Waals surface area contributed by atoms with Gasteiger partial charge in [0.25, 0.3) is 0 Å². The number of halogens is 2. The Bertz CT molecular complexity index is 882. The van der Waals surface area contributed by atoms with Crippen molar-refractivity contribution in [3.63, 3.8) is 0 Å². The molecule has 0 aliphatic carbocycles. The van der Waals surface area contributed by atoms with Crippen LogP contribution in [0, 0.1) is 0 Å². The monoisotopic (exact) mass is 361 g/mol. The number of nitrogens with one attached hydrogen (secondary N) is 1. The molecular weight excluding hydrogens is 349 g/mol. The van der Waals surface area contributed by atoms with Crippen LogP contribution >= 0.6 is 23.2 Å². The summed E-state index contributed by atoms with van der Waals surface area (Å²) in [5.41, 5.74) is 1.66. The van der Waals surface area contributed by atoms with Crippen LogP contribution in [-0.2, 0) is 11.3 Å². The van der Waals surface area contributed by atoms with Crippen LogP contribution in [0.3, 0.4) is 0 Å². The molecule has 0 radical (unpaired) electrons. The first-order chi connectivity index (χ1) is 11.6. The number of anilines is 1. The van der Waals surface area contributed by atoms with E-state index in [0.717, 1.165) is 16.9 Å². The maximum Gasteiger partial charge on any atom is 0.226 e. The average molecular weight is 362 g/mol. The molecule has 0 saturated heterocycles. The molecule has 2 aromatic heterocycles. The predicted octanol–water partition coefficient (Wildman–Crippen LogP) is 4.31. The molecule has 3 heterocycles. The van der Waals surface area contributed by atoms with E-state index in [0.29, 0.717) is 22.4 Å². The fraction of sp³-hybridized carbons (Fsp3) is 0.176. The summed E-state index contributed by atoms with van der Waals surface area (Å²) in [6, 6.07) is 9.03. The van der Waals surface area contributed by atoms with Crippen molar-refractivity contribution in [2.24, 2.45) is 0 Å². The molecule has 1 atom stereocenters. The molecule has 1 aliphatic rings. The second kappa shape index (κ2) is 6.00. The van der Waals surface area contributed by atoms with Gasteiger partial charge in [0.15, 0.2) is 0 Å². The van der Waals surface area contributed by atoms with Gasteiger partial charge in [0, 0.05) is 27.9 Å². The fourth-order valence-corrected chi connectivity index (χ4v) is 3.70. The number of aromatic nitrogens is 2. The van der Waals surface area contributed by atoms with E-state index in [9.17, 15) is 4.79 Å². The lowest BCUT2D eigenvalue weighted by atomic mass is 9.87. The summed E-state index contributed by atoms with van der Waals surface area (Å²) in [5.74, 6) is 1.10. The van der Waals surface area contributed by atoms with Crippen LogP contribution in [0.15, 0.2) is 47.2 Å². The Labute approximate surface area is 148 Å². The number of nitrogens with zero attached hydrogens (tertiary/aromatic N) is 2. The van der Waals surface area contributed by atoms with Gasteiger partial charge in [-0.3, -0.25) is 4.79 Å². The Kier molecular flexibility index (Phi) is 3.82. The number of rotatable bonds is 3. The molecule has 0 spiro atoms. The smallest absolute Gasteiger partial charge is 0.226 e. The predicted molar refractivity (Wildman–Crippen MR) is 91.6 cm³/mol. The van der Waals surface area contributed by atoms with Crippen LogP contribution in [0.2, 0.25) is 10.0 Å². The first-order valence-electron chi connectivity index (χ1n) is 7.45. The van der Waals surface area contributed by atoms with Crippen molar-refractivity contribution >= 4 is 34.9 Å². The van der Waals surface area contributed by atoms with Gasteiger partial charge < -0.3 is 9.73 Å². The topological polar surface area (TPSA) is 60.1 Å². The number of hydrogen-bond acceptors (Lipinski definition) is 3. The van der Waals surface area contributed by atoms with E-state index in [2.05, 4.69) is 10.4 Å². The van der Waals surface area contributed by atoms with Crippen molar-refractivity contribution in [3.8, 4) is 0 Å². The SMILES string of the molecule is O=C1C[C@H](c2c(Cl)cccc2Cl)c2cnn(Cc3ccco3)c2N1. The van der Waals surface area contributed by atoms with Crippen molar-refractivity contribution < 1.29 is 9.21 Å². The molecule has 0 unspecified atom stereocenters. The minimum absolute atomic E-state index is 0.0929. The number of benzene rings is 1. The van der Waals surface area contributed by atoms with Crippen molar-refractivity contribution in [1.82, 2.24) is 9.78 Å². The van der Waals surface area contributed by atoms with Crippen LogP contribution in [0.1, 0.15) is 29.2 Å². The van der Waals surface area contributed by atoms with Gasteiger partial charge in [-0.15, -0.1) is 0 Å². The minimum atomic E-state index is -0.222. The molecule has 1 aromatic carbocycles. The molecule has 5 nitrogen and oxygen atoms in total. The van der Waals surface area contributed by atoms with Gasteiger partial charge in [-0.2, -0.15) is 5.10 Å². The highest BCUT2D eigenvalue weighted by Gasteiger charge is 2.32. The Hall–Kier alpha value is -2.24. The van der Waals surface area contributed by atoms with Crippen molar-refractivity contribution in [2.45, 2.75) is 18.9 Å². The van der Waals surface area contributed by atoms with Gasteiger partial charge in [-0.05, 0) is 29.8 Å². The van der Waals surface area contributed by atoms with Gasteiger partial charge in [-0.1, -0.05) is 29.3 Å². The summed E-state index contributed by atoms with van der Waals surface area (Å²) >= 11 is 12.7. The second-order valence-electron chi connectivity index (χ2n) is 5.63. The summed E-state index contributed by atoms with van der Waals surface area (Å²) in [7, 11) is 0. The molecule has 1 N–H and O–H groups in total. The minimum Gasteiger partial charge on any atom is -0.467 e. The molecule has 122 valence electrons. The van der Waals surface area contributed by atoms with E-state index < -0.39 is 0 Å². The van der Waals surface area contributed by atoms with Crippen LogP contribution in [0.5, 0.6) is 0 Å². The Morgan fingerprint density at radius 3 is 2.75 bits per heavy atom. The molecule has 0 fully saturated rings. The summed E-state index contributed by atoms with van der Waals surface area (Å²) in [4.78, 5) is 12.2. The van der Waals surface area contributed by atoms with Gasteiger partial charge in [0.2, 0.25) is 5.91 Å². The highest BCUT2D eigenvalue weighted by molar-refractivity contribution is 6.36. The maximum atomic E-state index is 12.2. The lowest BCUT2D eigenvalue weighted by Crippen LogP contribution is -2.25. The molecule has 3 aromatic rings. The van der Waals surface area contributed by atoms with Gasteiger partial charge in [-0.25, -0.2) is 4.68 Å². The number of fused-ring (bicyclic) bond motifs is 1. The normalized spacial score (nSPS) is 16.8. The number of hydrogen-bond donors (Lipinski definition) is 1. The van der Waals surface area contributed by atoms with E-state index >= 15 is 0 Å². The van der Waals surface area contributed by atoms with E-state index in [-0.39, 0.29) is 18.2 Å². The molecule has 4 rings (SSSR count). The van der Waals surface area contributed by atoms with Crippen molar-refractivity contribution in [2.75, 3.05) is 5.32 Å². The molecule has 1 aliphatic heterocycles. The van der Waals surface area contributed by atoms with Crippen molar-refractivity contribution in [3.05, 3.63) is 69.7 Å². The maximum absolute atomic E-state index is 12.2. The number of carbonyl (C=O) groups excluding carboxylic acids is 1. The third kappa shape index (κ3) is 2.60. The van der Waals surface area contributed by atoms with Gasteiger partial charge in [0.1, 0.15) is 18.1 Å². The highest BCUT2D eigenvalue weighted by atomic mass is 35.5. The van der Waals surface area contributed by atoms with Crippen LogP contribution in [0.25, 0.3) is 0 Å². The van der Waals surface area contributed by atoms with Crippen LogP contribution in [0.4, 0.5) is 5.82 Å². The van der Waals surface area contributed by atoms with E-state index in [4.69, 9.17) is 27.6 Å². The summed E-state index contributed by atoms with van der Waals surface area (Å²) in [6.07, 6.45) is 3.64. The third-order valence-corrected chi connectivity index (χ3v) is 4.78. The highest BCUT2D eigenvalue weighted by Crippen LogP contribution is 2.42. The largest absolute Gasteiger partial charge is 0.467 e. The first-order valence-corrected chi connectivity index (χ1v) is 8.21. The second-order valence-corrected chi connectivity index (χ2v) is 6.44. The Morgan fingerprint density at radius 2 is 2.04 bits per heavy atom. The Balaban J connectivity index is 1.78. The molecule has 0 bridgehead atoms. The number of carbonyl (C=O) groups is 1. The lowest BCUT2D eigenvalue weighted by Gasteiger charge is -2.25. The Morgan fingerprint density at radius 1 is 1.25 bits per heavy atom. The molecule has 0 saturated carbocycles. The number of furan rings is 1. The quantitative estimate of drug-likeness (QED) is 0.756. The van der Waals surface area contributed by atoms with E-state index in [1.807, 2.05) is 12.1 Å². The molecule has 7 heteroatoms. The zero-order valence-corrected chi connectivity index (χ0v) is 14.0. The first kappa shape index (κ1) is 15.3. The summed E-state index contributed by atoms with van der Waals surface area (Å²) < 4.78 is 7.07. The van der Waals surface area contributed by atoms with E-state index in [1.165, 1.54) is 0 Å². The molecule has 24 heavy (non-hydrogen) atoms. The molecule has 1 amide bonds. The standard InChI is InChI=1S/C17H13Cl2N3O2/c18-13-4-1-5-14(19)16(13)11-7-15(23)21-17-12(11)8-20-22(17)9-10-3-2-6-24-10/h1-6,8,11H,7,9H2,(H,21,23)/t11-/m0/s1. The summed E-state index contributed by atoms with van der Waals surface area (Å²) in [6.45, 7) is 0.436. The van der Waals surface area contributed by atoms with Gasteiger partial charge >= 0.3 is 0 Å². The lowest BCUT2D eigenvalue weighted by molar-refractivity contribution is -0.116. The fourth-order valence-electron chi connectivity index (χ4n) is 3.04. The summed E-state index contributed by atoms with van der Waals surface area (Å²) in [5, 5.41) is 8.39. The zero-order chi connectivity index (χ0) is 16.7. The third-order valence-electron chi connectivity index (χ3n) is 4.12. The van der Waals surface area contributed by atoms with Crippen LogP contribution < -0.4 is 5.32 Å².